The van der Waals surface area contributed by atoms with E-state index in [1.807, 2.05) is 60.7 Å². The molecule has 22 heavy (non-hydrogen) atoms. The minimum atomic E-state index is -0.431. The maximum Gasteiger partial charge on any atom is 0.407 e. The van der Waals surface area contributed by atoms with Gasteiger partial charge in [0.05, 0.1) is 0 Å². The zero-order chi connectivity index (χ0) is 16.0. The molecule has 0 spiro atoms. The van der Waals surface area contributed by atoms with Crippen LogP contribution >= 0.6 is 11.6 Å². The first-order valence-electron chi connectivity index (χ1n) is 7.00. The van der Waals surface area contributed by atoms with Crippen molar-refractivity contribution in [2.45, 2.75) is 12.5 Å². The number of halogens is 1. The summed E-state index contributed by atoms with van der Waals surface area (Å²) in [5.74, 6) is 0.612. The first-order valence-corrected chi connectivity index (χ1v) is 7.54. The van der Waals surface area contributed by atoms with Crippen molar-refractivity contribution < 1.29 is 9.53 Å². The van der Waals surface area contributed by atoms with Crippen LogP contribution in [0.15, 0.2) is 60.7 Å². The van der Waals surface area contributed by atoms with Crippen molar-refractivity contribution in [2.24, 2.45) is 5.73 Å². The van der Waals surface area contributed by atoms with Gasteiger partial charge in [-0.3, -0.25) is 0 Å². The standard InChI is InChI=1S/C10H14N2O2.C7H7Cl/c11-6-7-12-10(13)14-8-9-4-2-1-3-5-9;8-6-7-4-2-1-3-5-7/h1-5H,6-8,11H2,(H,12,13);1-5H,6H2. The van der Waals surface area contributed by atoms with Gasteiger partial charge in [-0.15, -0.1) is 11.6 Å². The van der Waals surface area contributed by atoms with E-state index < -0.39 is 6.09 Å². The van der Waals surface area contributed by atoms with Gasteiger partial charge in [-0.25, -0.2) is 4.79 Å². The molecule has 2 aromatic rings. The lowest BCUT2D eigenvalue weighted by Crippen LogP contribution is -2.29. The van der Waals surface area contributed by atoms with Crippen LogP contribution in [0.5, 0.6) is 0 Å². The lowest BCUT2D eigenvalue weighted by Gasteiger charge is -2.05. The molecular formula is C17H21ClN2O2. The molecule has 0 radical (unpaired) electrons. The molecule has 0 bridgehead atoms. The molecule has 4 nitrogen and oxygen atoms in total. The third kappa shape index (κ3) is 8.29. The number of carbonyl (C=O) groups excluding carboxylic acids is 1. The zero-order valence-corrected chi connectivity index (χ0v) is 13.1. The van der Waals surface area contributed by atoms with Gasteiger partial charge in [0, 0.05) is 19.0 Å². The van der Waals surface area contributed by atoms with Crippen LogP contribution in [-0.4, -0.2) is 19.2 Å². The molecule has 5 heteroatoms. The van der Waals surface area contributed by atoms with Gasteiger partial charge < -0.3 is 15.8 Å². The van der Waals surface area contributed by atoms with E-state index in [4.69, 9.17) is 22.1 Å². The molecule has 1 amide bonds. The highest BCUT2D eigenvalue weighted by Gasteiger charge is 1.99. The Morgan fingerprint density at radius 1 is 1.00 bits per heavy atom. The van der Waals surface area contributed by atoms with E-state index in [9.17, 15) is 4.79 Å². The fraction of sp³-hybridized carbons (Fsp3) is 0.235. The number of carbonyl (C=O) groups is 1. The third-order valence-corrected chi connectivity index (χ3v) is 2.93. The Hall–Kier alpha value is -2.04. The number of hydrogen-bond donors (Lipinski definition) is 2. The molecule has 2 aromatic carbocycles. The Bertz CT molecular complexity index is 521. The Balaban J connectivity index is 0.000000255. The number of amides is 1. The minimum absolute atomic E-state index is 0.289. The second-order valence-electron chi connectivity index (χ2n) is 4.40. The van der Waals surface area contributed by atoms with Crippen LogP contribution in [0, 0.1) is 0 Å². The summed E-state index contributed by atoms with van der Waals surface area (Å²) in [6.45, 7) is 1.14. The van der Waals surface area contributed by atoms with Gasteiger partial charge in [0.25, 0.3) is 0 Å². The average molecular weight is 321 g/mol. The van der Waals surface area contributed by atoms with E-state index in [-0.39, 0.29) is 6.61 Å². The van der Waals surface area contributed by atoms with E-state index in [0.29, 0.717) is 19.0 Å². The quantitative estimate of drug-likeness (QED) is 0.831. The fourth-order valence-electron chi connectivity index (χ4n) is 1.52. The summed E-state index contributed by atoms with van der Waals surface area (Å²) in [7, 11) is 0. The fourth-order valence-corrected chi connectivity index (χ4v) is 1.69. The number of alkyl halides is 1. The molecule has 3 N–H and O–H groups in total. The van der Waals surface area contributed by atoms with Gasteiger partial charge in [-0.2, -0.15) is 0 Å². The topological polar surface area (TPSA) is 64.3 Å². The highest BCUT2D eigenvalue weighted by atomic mass is 35.5. The van der Waals surface area contributed by atoms with Gasteiger partial charge in [0.1, 0.15) is 6.61 Å². The van der Waals surface area contributed by atoms with Gasteiger partial charge in [0.15, 0.2) is 0 Å². The van der Waals surface area contributed by atoms with Crippen molar-refractivity contribution in [3.05, 3.63) is 71.8 Å². The van der Waals surface area contributed by atoms with Gasteiger partial charge >= 0.3 is 6.09 Å². The normalized spacial score (nSPS) is 9.36. The second kappa shape index (κ2) is 11.6. The van der Waals surface area contributed by atoms with Gasteiger partial charge in [0.2, 0.25) is 0 Å². The number of ether oxygens (including phenoxy) is 1. The maximum absolute atomic E-state index is 11.0. The van der Waals surface area contributed by atoms with Crippen LogP contribution in [0.1, 0.15) is 11.1 Å². The number of hydrogen-bond acceptors (Lipinski definition) is 3. The molecule has 0 aromatic heterocycles. The largest absolute Gasteiger partial charge is 0.445 e. The second-order valence-corrected chi connectivity index (χ2v) is 4.66. The Morgan fingerprint density at radius 2 is 1.55 bits per heavy atom. The number of benzene rings is 2. The number of nitrogens with one attached hydrogen (secondary N) is 1. The molecule has 0 unspecified atom stereocenters. The maximum atomic E-state index is 11.0. The zero-order valence-electron chi connectivity index (χ0n) is 12.4. The first kappa shape index (κ1) is 18.0. The van der Waals surface area contributed by atoms with Gasteiger partial charge in [-0.1, -0.05) is 60.7 Å². The summed E-state index contributed by atoms with van der Waals surface area (Å²) in [6.07, 6.45) is -0.431. The van der Waals surface area contributed by atoms with Crippen LogP contribution < -0.4 is 11.1 Å². The van der Waals surface area contributed by atoms with E-state index in [1.54, 1.807) is 0 Å². The smallest absolute Gasteiger partial charge is 0.407 e. The molecule has 0 heterocycles. The summed E-state index contributed by atoms with van der Waals surface area (Å²) in [6, 6.07) is 19.5. The molecule has 0 fully saturated rings. The van der Waals surface area contributed by atoms with Crippen LogP contribution in [0.2, 0.25) is 0 Å². The molecule has 0 atom stereocenters. The van der Waals surface area contributed by atoms with Crippen molar-refractivity contribution in [1.29, 1.82) is 0 Å². The molecule has 2 rings (SSSR count). The molecule has 0 saturated heterocycles. The first-order chi connectivity index (χ1) is 10.8. The Morgan fingerprint density at radius 3 is 2.00 bits per heavy atom. The molecule has 0 saturated carbocycles. The lowest BCUT2D eigenvalue weighted by atomic mass is 10.2. The molecule has 0 aliphatic rings. The van der Waals surface area contributed by atoms with E-state index >= 15 is 0 Å². The molecule has 118 valence electrons. The summed E-state index contributed by atoms with van der Waals surface area (Å²) in [4.78, 5) is 11.0. The van der Waals surface area contributed by atoms with Crippen molar-refractivity contribution in [3.8, 4) is 0 Å². The highest BCUT2D eigenvalue weighted by molar-refractivity contribution is 6.17. The van der Waals surface area contributed by atoms with E-state index in [2.05, 4.69) is 5.32 Å². The number of nitrogens with two attached hydrogens (primary N) is 1. The van der Waals surface area contributed by atoms with Crippen LogP contribution in [-0.2, 0) is 17.2 Å². The molecule has 0 aliphatic carbocycles. The third-order valence-electron chi connectivity index (χ3n) is 2.62. The van der Waals surface area contributed by atoms with Crippen molar-refractivity contribution in [3.63, 3.8) is 0 Å². The van der Waals surface area contributed by atoms with Gasteiger partial charge in [-0.05, 0) is 11.1 Å². The Kier molecular flexibility index (Phi) is 9.50. The van der Waals surface area contributed by atoms with E-state index in [0.717, 1.165) is 5.56 Å². The Labute approximate surface area is 136 Å². The monoisotopic (exact) mass is 320 g/mol. The summed E-state index contributed by atoms with van der Waals surface area (Å²) in [5, 5.41) is 2.52. The van der Waals surface area contributed by atoms with Crippen molar-refractivity contribution >= 4 is 17.7 Å². The average Bonchev–Trinajstić information content (AvgIpc) is 2.60. The lowest BCUT2D eigenvalue weighted by molar-refractivity contribution is 0.140. The number of alkyl carbamates (subject to hydrolysis) is 1. The molecular weight excluding hydrogens is 300 g/mol. The number of rotatable bonds is 5. The van der Waals surface area contributed by atoms with E-state index in [1.165, 1.54) is 5.56 Å². The predicted octanol–water partition coefficient (Wildman–Crippen LogP) is 3.30. The minimum Gasteiger partial charge on any atom is -0.445 e. The highest BCUT2D eigenvalue weighted by Crippen LogP contribution is 2.01. The summed E-state index contributed by atoms with van der Waals surface area (Å²) >= 11 is 5.53. The van der Waals surface area contributed by atoms with Crippen LogP contribution in [0.25, 0.3) is 0 Å². The predicted molar refractivity (Wildman–Crippen MR) is 89.7 cm³/mol. The van der Waals surface area contributed by atoms with Crippen molar-refractivity contribution in [2.75, 3.05) is 13.1 Å². The van der Waals surface area contributed by atoms with Crippen molar-refractivity contribution in [1.82, 2.24) is 5.32 Å². The summed E-state index contributed by atoms with van der Waals surface area (Å²) < 4.78 is 4.92. The summed E-state index contributed by atoms with van der Waals surface area (Å²) in [5.41, 5.74) is 7.36. The van der Waals surface area contributed by atoms with Crippen LogP contribution in [0.3, 0.4) is 0 Å². The molecule has 0 aliphatic heterocycles. The van der Waals surface area contributed by atoms with Crippen LogP contribution in [0.4, 0.5) is 4.79 Å². The SMILES string of the molecule is ClCc1ccccc1.NCCNC(=O)OCc1ccccc1.